The van der Waals surface area contributed by atoms with Crippen molar-refractivity contribution in [3.05, 3.63) is 52.7 Å². The Labute approximate surface area is 152 Å². The SMILES string of the molecule is O=C(C[C@H]1CCCCN1S(=O)(=O)c1ccccc1)NCc1cccs1. The monoisotopic (exact) mass is 378 g/mol. The Morgan fingerprint density at radius 3 is 2.68 bits per heavy atom. The Morgan fingerprint density at radius 1 is 1.16 bits per heavy atom. The lowest BCUT2D eigenvalue weighted by molar-refractivity contribution is -0.122. The molecule has 134 valence electrons. The third kappa shape index (κ3) is 4.48. The number of piperidine rings is 1. The van der Waals surface area contributed by atoms with Crippen molar-refractivity contribution in [2.45, 2.75) is 43.2 Å². The molecular formula is C18H22N2O3S2. The molecule has 2 aromatic rings. The lowest BCUT2D eigenvalue weighted by Gasteiger charge is -2.34. The van der Waals surface area contributed by atoms with E-state index in [1.54, 1.807) is 41.7 Å². The Balaban J connectivity index is 1.67. The zero-order valence-electron chi connectivity index (χ0n) is 13.9. The second kappa shape index (κ2) is 8.12. The zero-order chi connectivity index (χ0) is 17.7. The normalized spacial score (nSPS) is 18.8. The van der Waals surface area contributed by atoms with Crippen molar-refractivity contribution in [1.29, 1.82) is 0 Å². The molecule has 1 aromatic heterocycles. The van der Waals surface area contributed by atoms with Crippen LogP contribution in [0.3, 0.4) is 0 Å². The third-order valence-corrected chi connectivity index (χ3v) is 7.23. The second-order valence-electron chi connectivity index (χ2n) is 6.14. The highest BCUT2D eigenvalue weighted by molar-refractivity contribution is 7.89. The summed E-state index contributed by atoms with van der Waals surface area (Å²) in [7, 11) is -3.56. The van der Waals surface area contributed by atoms with Gasteiger partial charge in [0.15, 0.2) is 0 Å². The number of sulfonamides is 1. The summed E-state index contributed by atoms with van der Waals surface area (Å²) in [5, 5.41) is 4.86. The molecule has 5 nitrogen and oxygen atoms in total. The summed E-state index contributed by atoms with van der Waals surface area (Å²) in [6.07, 6.45) is 2.71. The van der Waals surface area contributed by atoms with Gasteiger partial charge in [-0.3, -0.25) is 4.79 Å². The highest BCUT2D eigenvalue weighted by Crippen LogP contribution is 2.27. The van der Waals surface area contributed by atoms with Crippen LogP contribution < -0.4 is 5.32 Å². The zero-order valence-corrected chi connectivity index (χ0v) is 15.6. The molecule has 3 rings (SSSR count). The Bertz CT molecular complexity index is 789. The first kappa shape index (κ1) is 18.1. The van der Waals surface area contributed by atoms with Gasteiger partial charge < -0.3 is 5.32 Å². The molecule has 1 atom stereocenters. The lowest BCUT2D eigenvalue weighted by Crippen LogP contribution is -2.45. The summed E-state index contributed by atoms with van der Waals surface area (Å²) in [6, 6.07) is 12.1. The molecule has 1 fully saturated rings. The van der Waals surface area contributed by atoms with Crippen LogP contribution in [0, 0.1) is 0 Å². The van der Waals surface area contributed by atoms with Crippen molar-refractivity contribution in [3.8, 4) is 0 Å². The van der Waals surface area contributed by atoms with Gasteiger partial charge in [-0.05, 0) is 36.4 Å². The molecule has 0 radical (unpaired) electrons. The van der Waals surface area contributed by atoms with Crippen molar-refractivity contribution >= 4 is 27.3 Å². The van der Waals surface area contributed by atoms with E-state index in [1.165, 1.54) is 4.31 Å². The first-order valence-corrected chi connectivity index (χ1v) is 10.8. The minimum Gasteiger partial charge on any atom is -0.351 e. The molecule has 0 saturated carbocycles. The van der Waals surface area contributed by atoms with Crippen molar-refractivity contribution in [1.82, 2.24) is 9.62 Å². The summed E-state index contributed by atoms with van der Waals surface area (Å²) in [5.41, 5.74) is 0. The summed E-state index contributed by atoms with van der Waals surface area (Å²) >= 11 is 1.59. The molecule has 0 spiro atoms. The summed E-state index contributed by atoms with van der Waals surface area (Å²) < 4.78 is 27.3. The van der Waals surface area contributed by atoms with Gasteiger partial charge in [-0.1, -0.05) is 30.7 Å². The number of carbonyl (C=O) groups excluding carboxylic acids is 1. The van der Waals surface area contributed by atoms with E-state index in [0.717, 1.165) is 24.1 Å². The lowest BCUT2D eigenvalue weighted by atomic mass is 10.0. The van der Waals surface area contributed by atoms with Gasteiger partial charge in [0.05, 0.1) is 11.4 Å². The molecule has 0 bridgehead atoms. The van der Waals surface area contributed by atoms with E-state index in [4.69, 9.17) is 0 Å². The van der Waals surface area contributed by atoms with Crippen LogP contribution in [0.5, 0.6) is 0 Å². The van der Waals surface area contributed by atoms with Crippen LogP contribution >= 0.6 is 11.3 Å². The van der Waals surface area contributed by atoms with E-state index in [0.29, 0.717) is 18.0 Å². The topological polar surface area (TPSA) is 66.5 Å². The smallest absolute Gasteiger partial charge is 0.243 e. The molecular weight excluding hydrogens is 356 g/mol. The van der Waals surface area contributed by atoms with E-state index in [2.05, 4.69) is 5.32 Å². The number of nitrogens with one attached hydrogen (secondary N) is 1. The highest BCUT2D eigenvalue weighted by Gasteiger charge is 2.34. The third-order valence-electron chi connectivity index (χ3n) is 4.38. The number of thiophene rings is 1. The van der Waals surface area contributed by atoms with Crippen molar-refractivity contribution in [2.75, 3.05) is 6.54 Å². The summed E-state index contributed by atoms with van der Waals surface area (Å²) in [4.78, 5) is 13.7. The fourth-order valence-corrected chi connectivity index (χ4v) is 5.47. The van der Waals surface area contributed by atoms with Gasteiger partial charge in [0, 0.05) is 23.9 Å². The Hall–Kier alpha value is -1.70. The van der Waals surface area contributed by atoms with Gasteiger partial charge in [0.2, 0.25) is 15.9 Å². The van der Waals surface area contributed by atoms with Gasteiger partial charge in [-0.2, -0.15) is 4.31 Å². The van der Waals surface area contributed by atoms with E-state index in [1.807, 2.05) is 17.5 Å². The van der Waals surface area contributed by atoms with Crippen LogP contribution in [-0.4, -0.2) is 31.2 Å². The number of rotatable bonds is 6. The largest absolute Gasteiger partial charge is 0.351 e. The molecule has 0 aliphatic carbocycles. The molecule has 1 N–H and O–H groups in total. The number of hydrogen-bond donors (Lipinski definition) is 1. The predicted molar refractivity (Wildman–Crippen MR) is 98.8 cm³/mol. The number of hydrogen-bond acceptors (Lipinski definition) is 4. The van der Waals surface area contributed by atoms with Crippen LogP contribution in [-0.2, 0) is 21.4 Å². The number of amides is 1. The molecule has 1 aromatic carbocycles. The standard InChI is InChI=1S/C18H22N2O3S2/c21-18(19-14-16-8-6-12-24-16)13-15-7-4-5-11-20(15)25(22,23)17-9-2-1-3-10-17/h1-3,6,8-10,12,15H,4-5,7,11,13-14H2,(H,19,21)/t15-/m1/s1. The Kier molecular flexibility index (Phi) is 5.88. The maximum Gasteiger partial charge on any atom is 0.243 e. The minimum atomic E-state index is -3.56. The quantitative estimate of drug-likeness (QED) is 0.840. The average molecular weight is 379 g/mol. The summed E-state index contributed by atoms with van der Waals surface area (Å²) in [5.74, 6) is -0.103. The molecule has 1 aliphatic heterocycles. The van der Waals surface area contributed by atoms with Gasteiger partial charge in [-0.15, -0.1) is 11.3 Å². The van der Waals surface area contributed by atoms with Gasteiger partial charge in [0.1, 0.15) is 0 Å². The molecule has 7 heteroatoms. The average Bonchev–Trinajstić information content (AvgIpc) is 3.15. The van der Waals surface area contributed by atoms with E-state index in [-0.39, 0.29) is 18.4 Å². The van der Waals surface area contributed by atoms with Crippen molar-refractivity contribution in [3.63, 3.8) is 0 Å². The van der Waals surface area contributed by atoms with E-state index < -0.39 is 10.0 Å². The van der Waals surface area contributed by atoms with E-state index in [9.17, 15) is 13.2 Å². The maximum absolute atomic E-state index is 12.9. The minimum absolute atomic E-state index is 0.103. The van der Waals surface area contributed by atoms with Crippen LogP contribution in [0.4, 0.5) is 0 Å². The number of nitrogens with zero attached hydrogens (tertiary/aromatic N) is 1. The molecule has 0 unspecified atom stereocenters. The predicted octanol–water partition coefficient (Wildman–Crippen LogP) is 3.00. The maximum atomic E-state index is 12.9. The fourth-order valence-electron chi connectivity index (χ4n) is 3.11. The molecule has 1 aliphatic rings. The summed E-state index contributed by atoms with van der Waals surface area (Å²) in [6.45, 7) is 0.967. The molecule has 1 saturated heterocycles. The highest BCUT2D eigenvalue weighted by atomic mass is 32.2. The van der Waals surface area contributed by atoms with Gasteiger partial charge in [0.25, 0.3) is 0 Å². The molecule has 2 heterocycles. The van der Waals surface area contributed by atoms with Gasteiger partial charge >= 0.3 is 0 Å². The first-order chi connectivity index (χ1) is 12.1. The number of carbonyl (C=O) groups is 1. The van der Waals surface area contributed by atoms with E-state index >= 15 is 0 Å². The molecule has 1 amide bonds. The number of benzene rings is 1. The van der Waals surface area contributed by atoms with Crippen molar-refractivity contribution < 1.29 is 13.2 Å². The van der Waals surface area contributed by atoms with Gasteiger partial charge in [-0.25, -0.2) is 8.42 Å². The van der Waals surface area contributed by atoms with Crippen LogP contribution in [0.15, 0.2) is 52.7 Å². The fraction of sp³-hybridized carbons (Fsp3) is 0.389. The van der Waals surface area contributed by atoms with Crippen LogP contribution in [0.2, 0.25) is 0 Å². The second-order valence-corrected chi connectivity index (χ2v) is 9.06. The Morgan fingerprint density at radius 2 is 1.96 bits per heavy atom. The van der Waals surface area contributed by atoms with Crippen LogP contribution in [0.1, 0.15) is 30.6 Å². The van der Waals surface area contributed by atoms with Crippen LogP contribution in [0.25, 0.3) is 0 Å². The van der Waals surface area contributed by atoms with Crippen molar-refractivity contribution in [2.24, 2.45) is 0 Å². The molecule has 25 heavy (non-hydrogen) atoms. The first-order valence-electron chi connectivity index (χ1n) is 8.43.